The predicted octanol–water partition coefficient (Wildman–Crippen LogP) is 6.07. The predicted molar refractivity (Wildman–Crippen MR) is 139 cm³/mol. The number of thiazole rings is 1. The van der Waals surface area contributed by atoms with Gasteiger partial charge < -0.3 is 19.3 Å². The largest absolute Gasteiger partial charge is 0.598 e. The van der Waals surface area contributed by atoms with Gasteiger partial charge in [0, 0.05) is 22.6 Å². The topological polar surface area (TPSA) is 95.5 Å². The summed E-state index contributed by atoms with van der Waals surface area (Å²) in [5.41, 5.74) is 0.126. The molecule has 5 rings (SSSR count). The molecule has 2 heterocycles. The molecule has 202 valence electrons. The lowest BCUT2D eigenvalue weighted by atomic mass is 9.94. The van der Waals surface area contributed by atoms with Crippen molar-refractivity contribution in [2.45, 2.75) is 56.1 Å². The number of carbonyl (C=O) groups is 1. The molecule has 3 aromatic rings. The minimum absolute atomic E-state index is 0.0924. The molecule has 0 bridgehead atoms. The van der Waals surface area contributed by atoms with Crippen molar-refractivity contribution in [3.63, 3.8) is 0 Å². The summed E-state index contributed by atoms with van der Waals surface area (Å²) < 4.78 is 64.9. The summed E-state index contributed by atoms with van der Waals surface area (Å²) in [7, 11) is 0. The van der Waals surface area contributed by atoms with Gasteiger partial charge in [-0.1, -0.05) is 35.1 Å². The zero-order chi connectivity index (χ0) is 27.5. The number of carbonyl (C=O) groups excluding carboxylic acids is 1. The molecule has 1 saturated carbocycles. The zero-order valence-electron chi connectivity index (χ0n) is 20.4. The second kappa shape index (κ2) is 9.60. The van der Waals surface area contributed by atoms with Crippen molar-refractivity contribution in [3.05, 3.63) is 69.4 Å². The van der Waals surface area contributed by atoms with Crippen LogP contribution in [0.2, 0.25) is 5.02 Å². The molecule has 2 atom stereocenters. The summed E-state index contributed by atoms with van der Waals surface area (Å²) in [5.74, 6) is -1.06. The van der Waals surface area contributed by atoms with Gasteiger partial charge in [0.1, 0.15) is 16.6 Å². The summed E-state index contributed by atoms with van der Waals surface area (Å²) in [6.45, 7) is 5.43. The lowest BCUT2D eigenvalue weighted by Crippen LogP contribution is -2.41. The van der Waals surface area contributed by atoms with E-state index in [1.165, 1.54) is 36.5 Å². The van der Waals surface area contributed by atoms with Gasteiger partial charge in [-0.3, -0.25) is 4.79 Å². The van der Waals surface area contributed by atoms with Crippen molar-refractivity contribution in [1.29, 1.82) is 0 Å². The van der Waals surface area contributed by atoms with Crippen molar-refractivity contribution in [3.8, 4) is 11.5 Å². The van der Waals surface area contributed by atoms with Gasteiger partial charge in [0.15, 0.2) is 16.6 Å². The standard InChI is InChI=1S/C25H23ClF3N3O4S2/c1-23(2,3)38(34)32-20(15-6-5-14(27)11-16(15)26)19-12-30-22(37-19)31-21(33)24(8-9-24)13-4-7-17-18(10-13)36-25(28,29)35-17/h4-7,10-12,20,32H,8-9H2,1-3H3,(H,30,31,33)/t20-,38+/m1/s1. The Balaban J connectivity index is 1.38. The third kappa shape index (κ3) is 5.32. The quantitative estimate of drug-likeness (QED) is 0.327. The van der Waals surface area contributed by atoms with Crippen LogP contribution in [0.1, 0.15) is 55.7 Å². The smallest absolute Gasteiger partial charge is 0.586 e. The van der Waals surface area contributed by atoms with E-state index in [4.69, 9.17) is 11.6 Å². The molecule has 1 aliphatic heterocycles. The van der Waals surface area contributed by atoms with Crippen LogP contribution in [0, 0.1) is 5.82 Å². The van der Waals surface area contributed by atoms with Gasteiger partial charge in [-0.05, 0) is 69.0 Å². The van der Waals surface area contributed by atoms with Crippen molar-refractivity contribution >= 4 is 45.3 Å². The molecule has 1 aromatic heterocycles. The number of aromatic nitrogens is 1. The van der Waals surface area contributed by atoms with Crippen LogP contribution in [0.25, 0.3) is 0 Å². The van der Waals surface area contributed by atoms with Crippen LogP contribution in [-0.2, 0) is 21.6 Å². The Hall–Kier alpha value is -2.51. The Morgan fingerprint density at radius 1 is 1.18 bits per heavy atom. The fraction of sp³-hybridized carbons (Fsp3) is 0.360. The number of fused-ring (bicyclic) bond motifs is 1. The Morgan fingerprint density at radius 2 is 1.89 bits per heavy atom. The normalized spacial score (nSPS) is 18.6. The molecule has 0 unspecified atom stereocenters. The minimum atomic E-state index is -3.74. The van der Waals surface area contributed by atoms with Crippen LogP contribution in [0.5, 0.6) is 11.5 Å². The first-order chi connectivity index (χ1) is 17.8. The monoisotopic (exact) mass is 585 g/mol. The molecular weight excluding hydrogens is 563 g/mol. The Labute approximate surface area is 229 Å². The first-order valence-electron chi connectivity index (χ1n) is 11.6. The zero-order valence-corrected chi connectivity index (χ0v) is 22.8. The molecule has 1 fully saturated rings. The number of benzene rings is 2. The number of amides is 1. The Morgan fingerprint density at radius 3 is 2.55 bits per heavy atom. The van der Waals surface area contributed by atoms with Gasteiger partial charge >= 0.3 is 6.29 Å². The van der Waals surface area contributed by atoms with E-state index in [1.54, 1.807) is 6.07 Å². The SMILES string of the molecule is CC(C)(C)[S@+]([O-])N[C@@H](c1cnc(NC(=O)C2(c3ccc4c(c3)OC(F)(F)O4)CC2)s1)c1ccc(F)cc1Cl. The van der Waals surface area contributed by atoms with Crippen LogP contribution in [0.4, 0.5) is 18.3 Å². The first-order valence-corrected chi connectivity index (χ1v) is 13.9. The second-order valence-corrected chi connectivity index (χ2v) is 13.5. The Kier molecular flexibility index (Phi) is 6.84. The molecule has 0 spiro atoms. The highest BCUT2D eigenvalue weighted by atomic mass is 35.5. The second-order valence-electron chi connectivity index (χ2n) is 10.0. The number of nitrogens with zero attached hydrogens (tertiary/aromatic N) is 1. The Bertz CT molecular complexity index is 1390. The fourth-order valence-electron chi connectivity index (χ4n) is 4.01. The van der Waals surface area contributed by atoms with E-state index in [0.29, 0.717) is 28.8 Å². The average molecular weight is 586 g/mol. The molecule has 2 aromatic carbocycles. The molecule has 0 saturated heterocycles. The highest BCUT2D eigenvalue weighted by Crippen LogP contribution is 2.52. The number of hydrogen-bond acceptors (Lipinski definition) is 7. The van der Waals surface area contributed by atoms with Gasteiger partial charge in [-0.2, -0.15) is 0 Å². The van der Waals surface area contributed by atoms with Gasteiger partial charge in [-0.25, -0.2) is 9.37 Å². The maximum Gasteiger partial charge on any atom is 0.586 e. The van der Waals surface area contributed by atoms with Crippen LogP contribution >= 0.6 is 22.9 Å². The van der Waals surface area contributed by atoms with Gasteiger partial charge in [0.2, 0.25) is 5.91 Å². The van der Waals surface area contributed by atoms with Crippen LogP contribution < -0.4 is 19.5 Å². The molecule has 7 nitrogen and oxygen atoms in total. The molecule has 13 heteroatoms. The van der Waals surface area contributed by atoms with Crippen LogP contribution in [0.15, 0.2) is 42.6 Å². The van der Waals surface area contributed by atoms with E-state index >= 15 is 0 Å². The van der Waals surface area contributed by atoms with Crippen LogP contribution in [0.3, 0.4) is 0 Å². The molecule has 38 heavy (non-hydrogen) atoms. The third-order valence-electron chi connectivity index (χ3n) is 6.22. The van der Waals surface area contributed by atoms with E-state index in [2.05, 4.69) is 24.5 Å². The number of ether oxygens (including phenoxy) is 2. The summed E-state index contributed by atoms with van der Waals surface area (Å²) in [5, 5.41) is 3.25. The molecule has 0 radical (unpaired) electrons. The van der Waals surface area contributed by atoms with Gasteiger partial charge in [0.05, 0.1) is 10.3 Å². The van der Waals surface area contributed by atoms with Crippen LogP contribution in [-0.4, -0.2) is 26.5 Å². The number of halogens is 4. The summed E-state index contributed by atoms with van der Waals surface area (Å²) in [6, 6.07) is 7.59. The first kappa shape index (κ1) is 27.1. The average Bonchev–Trinajstić information content (AvgIpc) is 3.40. The number of anilines is 1. The lowest BCUT2D eigenvalue weighted by Gasteiger charge is -2.28. The summed E-state index contributed by atoms with van der Waals surface area (Å²) in [6.07, 6.45) is -1.17. The van der Waals surface area contributed by atoms with E-state index < -0.39 is 39.7 Å². The van der Waals surface area contributed by atoms with Crippen molar-refractivity contribution in [2.75, 3.05) is 5.32 Å². The summed E-state index contributed by atoms with van der Waals surface area (Å²) >= 11 is 5.97. The number of hydrogen-bond donors (Lipinski definition) is 2. The number of nitrogens with one attached hydrogen (secondary N) is 2. The molecular formula is C25H23ClF3N3O4S2. The van der Waals surface area contributed by atoms with Crippen molar-refractivity contribution in [2.24, 2.45) is 0 Å². The maximum atomic E-state index is 13.7. The van der Waals surface area contributed by atoms with E-state index in [0.717, 1.165) is 11.3 Å². The fourth-order valence-corrected chi connectivity index (χ4v) is 6.06. The van der Waals surface area contributed by atoms with Gasteiger partial charge in [-0.15, -0.1) is 13.5 Å². The van der Waals surface area contributed by atoms with Crippen molar-refractivity contribution < 1.29 is 32.0 Å². The van der Waals surface area contributed by atoms with Crippen molar-refractivity contribution in [1.82, 2.24) is 9.71 Å². The molecule has 2 aliphatic rings. The van der Waals surface area contributed by atoms with Gasteiger partial charge in [0.25, 0.3) is 0 Å². The third-order valence-corrected chi connectivity index (χ3v) is 9.09. The maximum absolute atomic E-state index is 13.7. The molecule has 2 N–H and O–H groups in total. The number of rotatable bonds is 7. The highest BCUT2D eigenvalue weighted by Gasteiger charge is 2.53. The highest BCUT2D eigenvalue weighted by molar-refractivity contribution is 7.90. The number of alkyl halides is 2. The van der Waals surface area contributed by atoms with E-state index in [9.17, 15) is 22.5 Å². The van der Waals surface area contributed by atoms with E-state index in [-0.39, 0.29) is 27.6 Å². The molecule has 1 amide bonds. The minimum Gasteiger partial charge on any atom is -0.598 e. The van der Waals surface area contributed by atoms with E-state index in [1.807, 2.05) is 20.8 Å². The summed E-state index contributed by atoms with van der Waals surface area (Å²) in [4.78, 5) is 18.2. The molecule has 1 aliphatic carbocycles. The lowest BCUT2D eigenvalue weighted by molar-refractivity contribution is -0.286.